The molecular formula is C15H28N4. The third kappa shape index (κ3) is 4.78. The third-order valence-electron chi connectivity index (χ3n) is 3.44. The molecule has 0 saturated carbocycles. The standard InChI is InChI=1S/C15H28N4/c1-8-11(2)19(7)14-16-9-13(12(3)18-14)10-17-15(4,5)6/h9,11,17H,8,10H2,1-7H3. The smallest absolute Gasteiger partial charge is 0.225 e. The van der Waals surface area contributed by atoms with E-state index < -0.39 is 0 Å². The van der Waals surface area contributed by atoms with E-state index in [-0.39, 0.29) is 5.54 Å². The van der Waals surface area contributed by atoms with Crippen LogP contribution in [-0.2, 0) is 6.54 Å². The lowest BCUT2D eigenvalue weighted by Gasteiger charge is -2.25. The van der Waals surface area contributed by atoms with Crippen molar-refractivity contribution in [3.8, 4) is 0 Å². The van der Waals surface area contributed by atoms with Crippen molar-refractivity contribution in [3.05, 3.63) is 17.5 Å². The van der Waals surface area contributed by atoms with Crippen LogP contribution in [0.2, 0.25) is 0 Å². The van der Waals surface area contributed by atoms with Crippen LogP contribution in [-0.4, -0.2) is 28.6 Å². The van der Waals surface area contributed by atoms with Crippen LogP contribution in [0.3, 0.4) is 0 Å². The van der Waals surface area contributed by atoms with E-state index >= 15 is 0 Å². The Morgan fingerprint density at radius 3 is 2.47 bits per heavy atom. The molecule has 1 unspecified atom stereocenters. The first kappa shape index (κ1) is 15.9. The van der Waals surface area contributed by atoms with Crippen molar-refractivity contribution in [2.45, 2.75) is 66.1 Å². The first-order valence-corrected chi connectivity index (χ1v) is 7.05. The Kier molecular flexibility index (Phi) is 5.29. The molecule has 0 radical (unpaired) electrons. The molecule has 0 aliphatic carbocycles. The van der Waals surface area contributed by atoms with Gasteiger partial charge in [0.1, 0.15) is 0 Å². The van der Waals surface area contributed by atoms with E-state index in [1.54, 1.807) is 0 Å². The van der Waals surface area contributed by atoms with Crippen LogP contribution in [0, 0.1) is 6.92 Å². The van der Waals surface area contributed by atoms with Crippen LogP contribution >= 0.6 is 0 Å². The minimum Gasteiger partial charge on any atom is -0.341 e. The molecule has 4 heteroatoms. The number of hydrogen-bond donors (Lipinski definition) is 1. The van der Waals surface area contributed by atoms with Crippen LogP contribution in [0.25, 0.3) is 0 Å². The molecule has 0 aliphatic rings. The van der Waals surface area contributed by atoms with Gasteiger partial charge >= 0.3 is 0 Å². The van der Waals surface area contributed by atoms with Crippen molar-refractivity contribution in [2.75, 3.05) is 11.9 Å². The number of nitrogens with zero attached hydrogens (tertiary/aromatic N) is 3. The Morgan fingerprint density at radius 2 is 2.00 bits per heavy atom. The van der Waals surface area contributed by atoms with Gasteiger partial charge in [-0.15, -0.1) is 0 Å². The van der Waals surface area contributed by atoms with Gasteiger partial charge in [-0.1, -0.05) is 6.92 Å². The van der Waals surface area contributed by atoms with Gasteiger partial charge in [0.25, 0.3) is 0 Å². The van der Waals surface area contributed by atoms with Crippen LogP contribution in [0.15, 0.2) is 6.20 Å². The Labute approximate surface area is 117 Å². The van der Waals surface area contributed by atoms with E-state index in [0.29, 0.717) is 6.04 Å². The predicted octanol–water partition coefficient (Wildman–Crippen LogP) is 2.91. The van der Waals surface area contributed by atoms with E-state index in [1.807, 2.05) is 6.20 Å². The molecule has 0 aliphatic heterocycles. The number of rotatable bonds is 5. The molecule has 0 fully saturated rings. The number of nitrogens with one attached hydrogen (secondary N) is 1. The Bertz CT molecular complexity index is 409. The van der Waals surface area contributed by atoms with E-state index in [9.17, 15) is 0 Å². The van der Waals surface area contributed by atoms with Crippen molar-refractivity contribution in [3.63, 3.8) is 0 Å². The molecule has 0 spiro atoms. The average Bonchev–Trinajstić information content (AvgIpc) is 2.34. The van der Waals surface area contributed by atoms with E-state index in [0.717, 1.165) is 30.2 Å². The molecule has 0 aromatic carbocycles. The summed E-state index contributed by atoms with van der Waals surface area (Å²) in [5.41, 5.74) is 2.33. The summed E-state index contributed by atoms with van der Waals surface area (Å²) in [6.07, 6.45) is 3.03. The molecule has 1 aromatic rings. The van der Waals surface area contributed by atoms with Crippen molar-refractivity contribution in [2.24, 2.45) is 0 Å². The molecule has 19 heavy (non-hydrogen) atoms. The van der Waals surface area contributed by atoms with Gasteiger partial charge < -0.3 is 10.2 Å². The molecule has 1 atom stereocenters. The molecule has 1 rings (SSSR count). The van der Waals surface area contributed by atoms with Gasteiger partial charge in [0.2, 0.25) is 5.95 Å². The zero-order chi connectivity index (χ0) is 14.6. The first-order chi connectivity index (χ1) is 8.74. The average molecular weight is 264 g/mol. The van der Waals surface area contributed by atoms with E-state index in [1.165, 1.54) is 0 Å². The summed E-state index contributed by atoms with van der Waals surface area (Å²) in [5, 5.41) is 3.47. The quantitative estimate of drug-likeness (QED) is 0.888. The van der Waals surface area contributed by atoms with Crippen LogP contribution in [0.4, 0.5) is 5.95 Å². The molecule has 1 heterocycles. The van der Waals surface area contributed by atoms with Crippen molar-refractivity contribution in [1.82, 2.24) is 15.3 Å². The molecule has 4 nitrogen and oxygen atoms in total. The van der Waals surface area contributed by atoms with Crippen molar-refractivity contribution < 1.29 is 0 Å². The second kappa shape index (κ2) is 6.33. The topological polar surface area (TPSA) is 41.1 Å². The largest absolute Gasteiger partial charge is 0.341 e. The fourth-order valence-electron chi connectivity index (χ4n) is 1.65. The number of anilines is 1. The summed E-state index contributed by atoms with van der Waals surface area (Å²) >= 11 is 0. The van der Waals surface area contributed by atoms with Gasteiger partial charge in [0.15, 0.2) is 0 Å². The molecule has 108 valence electrons. The van der Waals surface area contributed by atoms with Crippen LogP contribution in [0.5, 0.6) is 0 Å². The zero-order valence-electron chi connectivity index (χ0n) is 13.4. The van der Waals surface area contributed by atoms with E-state index in [4.69, 9.17) is 0 Å². The van der Waals surface area contributed by atoms with Gasteiger partial charge in [-0.2, -0.15) is 0 Å². The van der Waals surface area contributed by atoms with Gasteiger partial charge in [-0.25, -0.2) is 9.97 Å². The van der Waals surface area contributed by atoms with Crippen LogP contribution in [0.1, 0.15) is 52.3 Å². The molecule has 0 amide bonds. The minimum absolute atomic E-state index is 0.110. The minimum atomic E-state index is 0.110. The molecular weight excluding hydrogens is 236 g/mol. The summed E-state index contributed by atoms with van der Waals surface area (Å²) in [5.74, 6) is 0.811. The maximum atomic E-state index is 4.62. The lowest BCUT2D eigenvalue weighted by molar-refractivity contribution is 0.423. The lowest BCUT2D eigenvalue weighted by Crippen LogP contribution is -2.35. The fourth-order valence-corrected chi connectivity index (χ4v) is 1.65. The predicted molar refractivity (Wildman–Crippen MR) is 81.5 cm³/mol. The van der Waals surface area contributed by atoms with Crippen LogP contribution < -0.4 is 10.2 Å². The normalized spacial score (nSPS) is 13.4. The summed E-state index contributed by atoms with van der Waals surface area (Å²) in [7, 11) is 2.05. The summed E-state index contributed by atoms with van der Waals surface area (Å²) in [4.78, 5) is 11.2. The highest BCUT2D eigenvalue weighted by molar-refractivity contribution is 5.33. The second-order valence-corrected chi connectivity index (χ2v) is 6.25. The van der Waals surface area contributed by atoms with Crippen molar-refractivity contribution in [1.29, 1.82) is 0 Å². The molecule has 1 N–H and O–H groups in total. The number of aryl methyl sites for hydroxylation is 1. The maximum Gasteiger partial charge on any atom is 0.225 e. The highest BCUT2D eigenvalue weighted by atomic mass is 15.2. The third-order valence-corrected chi connectivity index (χ3v) is 3.44. The van der Waals surface area contributed by atoms with Gasteiger partial charge in [-0.05, 0) is 41.0 Å². The molecule has 0 saturated heterocycles. The highest BCUT2D eigenvalue weighted by Crippen LogP contribution is 2.14. The zero-order valence-corrected chi connectivity index (χ0v) is 13.4. The van der Waals surface area contributed by atoms with Gasteiger partial charge in [0.05, 0.1) is 0 Å². The first-order valence-electron chi connectivity index (χ1n) is 7.05. The van der Waals surface area contributed by atoms with Gasteiger partial charge in [0, 0.05) is 42.6 Å². The van der Waals surface area contributed by atoms with E-state index in [2.05, 4.69) is 68.8 Å². The number of hydrogen-bond acceptors (Lipinski definition) is 4. The summed E-state index contributed by atoms with van der Waals surface area (Å²) < 4.78 is 0. The Balaban J connectivity index is 2.80. The fraction of sp³-hybridized carbons (Fsp3) is 0.733. The Hall–Kier alpha value is -1.16. The molecule has 1 aromatic heterocycles. The van der Waals surface area contributed by atoms with Crippen molar-refractivity contribution >= 4 is 5.95 Å². The second-order valence-electron chi connectivity index (χ2n) is 6.25. The summed E-state index contributed by atoms with van der Waals surface area (Å²) in [6, 6.07) is 0.456. The lowest BCUT2D eigenvalue weighted by atomic mass is 10.1. The monoisotopic (exact) mass is 264 g/mol. The maximum absolute atomic E-state index is 4.62. The highest BCUT2D eigenvalue weighted by Gasteiger charge is 2.14. The van der Waals surface area contributed by atoms with Gasteiger partial charge in [-0.3, -0.25) is 0 Å². The Morgan fingerprint density at radius 1 is 1.37 bits per heavy atom. The molecule has 0 bridgehead atoms. The number of aromatic nitrogens is 2. The summed E-state index contributed by atoms with van der Waals surface area (Å²) in [6.45, 7) is 13.7. The SMILES string of the molecule is CCC(C)N(C)c1ncc(CNC(C)(C)C)c(C)n1.